The van der Waals surface area contributed by atoms with Gasteiger partial charge in [0.2, 0.25) is 0 Å². The Morgan fingerprint density at radius 2 is 2.07 bits per heavy atom. The van der Waals surface area contributed by atoms with Gasteiger partial charge < -0.3 is 5.32 Å². The van der Waals surface area contributed by atoms with Crippen LogP contribution in [0.2, 0.25) is 0 Å². The quantitative estimate of drug-likeness (QED) is 0.728. The molecule has 1 rings (SSSR count). The monoisotopic (exact) mass is 212 g/mol. The molecule has 0 saturated carbocycles. The van der Waals surface area contributed by atoms with E-state index in [1.54, 1.807) is 0 Å². The Morgan fingerprint density at radius 1 is 1.33 bits per heavy atom. The number of hydrogen-bond donors (Lipinski definition) is 1. The van der Waals surface area contributed by atoms with E-state index >= 15 is 0 Å². The predicted octanol–water partition coefficient (Wildman–Crippen LogP) is 2.49. The van der Waals surface area contributed by atoms with Gasteiger partial charge in [0.1, 0.15) is 0 Å². The largest absolute Gasteiger partial charge is 0.313 e. The van der Waals surface area contributed by atoms with Gasteiger partial charge in [-0.1, -0.05) is 20.8 Å². The first-order valence-electron chi connectivity index (χ1n) is 6.62. The van der Waals surface area contributed by atoms with E-state index in [1.165, 1.54) is 32.4 Å². The Bertz CT molecular complexity index is 168. The average Bonchev–Trinajstić information content (AvgIpc) is 2.65. The first kappa shape index (κ1) is 13.0. The summed E-state index contributed by atoms with van der Waals surface area (Å²) in [5.74, 6) is 0.816. The van der Waals surface area contributed by atoms with Gasteiger partial charge in [-0.15, -0.1) is 0 Å². The molecule has 0 aromatic carbocycles. The highest BCUT2D eigenvalue weighted by Gasteiger charge is 2.26. The van der Waals surface area contributed by atoms with Crippen LogP contribution in [0.25, 0.3) is 0 Å². The van der Waals surface area contributed by atoms with Crippen LogP contribution < -0.4 is 5.32 Å². The molecule has 1 N–H and O–H groups in total. The van der Waals surface area contributed by atoms with Crippen LogP contribution in [0.15, 0.2) is 0 Å². The van der Waals surface area contributed by atoms with Crippen molar-refractivity contribution < 1.29 is 0 Å². The van der Waals surface area contributed by atoms with Crippen LogP contribution in [-0.4, -0.2) is 36.6 Å². The smallest absolute Gasteiger partial charge is 0.0119 e. The van der Waals surface area contributed by atoms with Crippen LogP contribution in [0, 0.1) is 5.92 Å². The van der Waals surface area contributed by atoms with Gasteiger partial charge in [-0.2, -0.15) is 0 Å². The predicted molar refractivity (Wildman–Crippen MR) is 67.2 cm³/mol. The summed E-state index contributed by atoms with van der Waals surface area (Å²) in [4.78, 5) is 2.67. The summed E-state index contributed by atoms with van der Waals surface area (Å²) in [6.07, 6.45) is 4.03. The highest BCUT2D eigenvalue weighted by Crippen LogP contribution is 2.22. The van der Waals surface area contributed by atoms with Crippen molar-refractivity contribution in [1.29, 1.82) is 0 Å². The van der Waals surface area contributed by atoms with E-state index in [9.17, 15) is 0 Å². The van der Waals surface area contributed by atoms with Crippen molar-refractivity contribution in [3.05, 3.63) is 0 Å². The van der Waals surface area contributed by atoms with E-state index < -0.39 is 0 Å². The summed E-state index contributed by atoms with van der Waals surface area (Å²) >= 11 is 0. The van der Waals surface area contributed by atoms with Gasteiger partial charge in [0.25, 0.3) is 0 Å². The summed E-state index contributed by atoms with van der Waals surface area (Å²) in [5.41, 5.74) is 0. The third kappa shape index (κ3) is 4.12. The molecule has 1 heterocycles. The van der Waals surface area contributed by atoms with E-state index in [4.69, 9.17) is 0 Å². The maximum absolute atomic E-state index is 3.58. The lowest BCUT2D eigenvalue weighted by atomic mass is 10.0. The molecule has 0 radical (unpaired) electrons. The normalized spacial score (nSPS) is 25.0. The second-order valence-electron chi connectivity index (χ2n) is 5.25. The highest BCUT2D eigenvalue weighted by atomic mass is 15.2. The second kappa shape index (κ2) is 6.49. The fraction of sp³-hybridized carbons (Fsp3) is 1.00. The van der Waals surface area contributed by atoms with Crippen molar-refractivity contribution in [2.75, 3.05) is 19.6 Å². The Kier molecular flexibility index (Phi) is 5.62. The summed E-state index contributed by atoms with van der Waals surface area (Å²) in [6.45, 7) is 12.9. The van der Waals surface area contributed by atoms with Gasteiger partial charge >= 0.3 is 0 Å². The lowest BCUT2D eigenvalue weighted by molar-refractivity contribution is 0.205. The Morgan fingerprint density at radius 3 is 2.67 bits per heavy atom. The lowest BCUT2D eigenvalue weighted by Crippen LogP contribution is -2.40. The molecular weight excluding hydrogens is 184 g/mol. The molecule has 1 saturated heterocycles. The molecule has 15 heavy (non-hydrogen) atoms. The van der Waals surface area contributed by atoms with Gasteiger partial charge in [-0.3, -0.25) is 4.90 Å². The summed E-state index contributed by atoms with van der Waals surface area (Å²) in [6, 6.07) is 1.51. The van der Waals surface area contributed by atoms with E-state index in [2.05, 4.69) is 37.9 Å². The van der Waals surface area contributed by atoms with Gasteiger partial charge in [0.15, 0.2) is 0 Å². The zero-order chi connectivity index (χ0) is 11.3. The molecule has 0 aromatic heterocycles. The second-order valence-corrected chi connectivity index (χ2v) is 5.25. The average molecular weight is 212 g/mol. The van der Waals surface area contributed by atoms with Crippen LogP contribution in [0.5, 0.6) is 0 Å². The molecule has 1 fully saturated rings. The van der Waals surface area contributed by atoms with E-state index in [1.807, 2.05) is 0 Å². The SMILES string of the molecule is CCC(C)NCCN1CCCC1C(C)C. The fourth-order valence-electron chi connectivity index (χ4n) is 2.48. The number of rotatable bonds is 6. The molecule has 0 amide bonds. The standard InChI is InChI=1S/C13H28N2/c1-5-12(4)14-8-10-15-9-6-7-13(15)11(2)3/h11-14H,5-10H2,1-4H3. The molecule has 2 unspecified atom stereocenters. The summed E-state index contributed by atoms with van der Waals surface area (Å²) < 4.78 is 0. The fourth-order valence-corrected chi connectivity index (χ4v) is 2.48. The first-order valence-corrected chi connectivity index (χ1v) is 6.62. The van der Waals surface area contributed by atoms with Crippen molar-refractivity contribution in [3.8, 4) is 0 Å². The minimum absolute atomic E-state index is 0.671. The molecule has 1 aliphatic rings. The number of hydrogen-bond acceptors (Lipinski definition) is 2. The minimum atomic E-state index is 0.671. The van der Waals surface area contributed by atoms with Crippen LogP contribution >= 0.6 is 0 Å². The van der Waals surface area contributed by atoms with Crippen LogP contribution in [0.1, 0.15) is 47.0 Å². The zero-order valence-corrected chi connectivity index (χ0v) is 10.9. The maximum Gasteiger partial charge on any atom is 0.0119 e. The van der Waals surface area contributed by atoms with Crippen molar-refractivity contribution >= 4 is 0 Å². The Labute approximate surface area is 95.4 Å². The molecule has 2 atom stereocenters. The molecule has 0 aromatic rings. The van der Waals surface area contributed by atoms with Gasteiger partial charge in [0, 0.05) is 25.2 Å². The first-order chi connectivity index (χ1) is 7.15. The summed E-state index contributed by atoms with van der Waals surface area (Å²) in [5, 5.41) is 3.58. The molecule has 0 aliphatic carbocycles. The molecular formula is C13H28N2. The molecule has 2 nitrogen and oxygen atoms in total. The van der Waals surface area contributed by atoms with Gasteiger partial charge in [-0.25, -0.2) is 0 Å². The van der Waals surface area contributed by atoms with E-state index in [0.29, 0.717) is 6.04 Å². The van der Waals surface area contributed by atoms with Crippen LogP contribution in [0.4, 0.5) is 0 Å². The van der Waals surface area contributed by atoms with E-state index in [0.717, 1.165) is 18.5 Å². The van der Waals surface area contributed by atoms with Crippen LogP contribution in [-0.2, 0) is 0 Å². The summed E-state index contributed by atoms with van der Waals surface area (Å²) in [7, 11) is 0. The molecule has 1 aliphatic heterocycles. The Balaban J connectivity index is 2.20. The minimum Gasteiger partial charge on any atom is -0.313 e. The topological polar surface area (TPSA) is 15.3 Å². The Hall–Kier alpha value is -0.0800. The third-order valence-corrected chi connectivity index (χ3v) is 3.69. The molecule has 90 valence electrons. The molecule has 0 spiro atoms. The van der Waals surface area contributed by atoms with Crippen molar-refractivity contribution in [2.45, 2.75) is 59.0 Å². The molecule has 2 heteroatoms. The van der Waals surface area contributed by atoms with E-state index in [-0.39, 0.29) is 0 Å². The van der Waals surface area contributed by atoms with Crippen LogP contribution in [0.3, 0.4) is 0 Å². The number of nitrogens with one attached hydrogen (secondary N) is 1. The van der Waals surface area contributed by atoms with Crippen molar-refractivity contribution in [1.82, 2.24) is 10.2 Å². The van der Waals surface area contributed by atoms with Crippen molar-refractivity contribution in [2.24, 2.45) is 5.92 Å². The van der Waals surface area contributed by atoms with Gasteiger partial charge in [0.05, 0.1) is 0 Å². The lowest BCUT2D eigenvalue weighted by Gasteiger charge is -2.28. The maximum atomic E-state index is 3.58. The third-order valence-electron chi connectivity index (χ3n) is 3.69. The van der Waals surface area contributed by atoms with Crippen molar-refractivity contribution in [3.63, 3.8) is 0 Å². The zero-order valence-electron chi connectivity index (χ0n) is 10.9. The highest BCUT2D eigenvalue weighted by molar-refractivity contribution is 4.81. The van der Waals surface area contributed by atoms with Gasteiger partial charge in [-0.05, 0) is 38.6 Å². The molecule has 0 bridgehead atoms. The number of nitrogens with zero attached hydrogens (tertiary/aromatic N) is 1. The number of likely N-dealkylation sites (tertiary alicyclic amines) is 1.